The number of hydrogen-bond donors (Lipinski definition) is 2. The molecule has 0 aromatic heterocycles. The molecule has 1 aliphatic carbocycles. The molecule has 8 heteroatoms. The summed E-state index contributed by atoms with van der Waals surface area (Å²) < 4.78 is 25.0. The van der Waals surface area contributed by atoms with Gasteiger partial charge >= 0.3 is 6.09 Å². The molecular weight excluding hydrogens is 367 g/mol. The monoisotopic (exact) mass is 392 g/mol. The smallest absolute Gasteiger partial charge is 0.408 e. The summed E-state index contributed by atoms with van der Waals surface area (Å²) in [4.78, 5) is 36.1. The molecule has 1 fully saturated rings. The van der Waals surface area contributed by atoms with Gasteiger partial charge in [0, 0.05) is 24.6 Å². The maximum atomic E-state index is 14.4. The summed E-state index contributed by atoms with van der Waals surface area (Å²) in [6, 6.07) is 2.91. The van der Waals surface area contributed by atoms with Crippen LogP contribution in [-0.2, 0) is 31.9 Å². The van der Waals surface area contributed by atoms with Crippen molar-refractivity contribution in [2.24, 2.45) is 5.92 Å². The number of fused-ring (bicyclic) bond motifs is 1. The zero-order chi connectivity index (χ0) is 20.5. The van der Waals surface area contributed by atoms with Crippen LogP contribution < -0.4 is 10.6 Å². The summed E-state index contributed by atoms with van der Waals surface area (Å²) in [5.74, 6) is -1.19. The first-order valence-electron chi connectivity index (χ1n) is 9.29. The van der Waals surface area contributed by atoms with Gasteiger partial charge in [-0.2, -0.15) is 0 Å². The van der Waals surface area contributed by atoms with E-state index in [0.717, 1.165) is 6.29 Å². The van der Waals surface area contributed by atoms with Gasteiger partial charge in [0.2, 0.25) is 0 Å². The minimum Gasteiger partial charge on any atom is -0.444 e. The van der Waals surface area contributed by atoms with Crippen LogP contribution in [-0.4, -0.2) is 42.6 Å². The van der Waals surface area contributed by atoms with Crippen LogP contribution in [0.3, 0.4) is 0 Å². The fourth-order valence-corrected chi connectivity index (χ4v) is 3.54. The third-order valence-electron chi connectivity index (χ3n) is 4.88. The Bertz CT molecular complexity index is 797. The lowest BCUT2D eigenvalue weighted by molar-refractivity contribution is -0.122. The molecule has 2 aliphatic rings. The van der Waals surface area contributed by atoms with Gasteiger partial charge in [-0.05, 0) is 56.9 Å². The summed E-state index contributed by atoms with van der Waals surface area (Å²) in [7, 11) is 0. The zero-order valence-electron chi connectivity index (χ0n) is 16.3. The molecule has 0 spiro atoms. The first-order valence-corrected chi connectivity index (χ1v) is 9.29. The molecule has 28 heavy (non-hydrogen) atoms. The quantitative estimate of drug-likeness (QED) is 0.768. The Hall–Kier alpha value is -2.48. The Kier molecular flexibility index (Phi) is 5.43. The predicted molar refractivity (Wildman–Crippen MR) is 99.5 cm³/mol. The highest BCUT2D eigenvalue weighted by Gasteiger charge is 2.45. The SMILES string of the molecule is CC(C)(C)OC(=O)N[C@@]1(C(=O)Nc2cc(F)c3c(c2)CC(C=O)C3)CCOC1. The van der Waals surface area contributed by atoms with Gasteiger partial charge in [-0.25, -0.2) is 9.18 Å². The van der Waals surface area contributed by atoms with E-state index in [2.05, 4.69) is 10.6 Å². The van der Waals surface area contributed by atoms with E-state index in [1.54, 1.807) is 26.8 Å². The van der Waals surface area contributed by atoms with Crippen molar-refractivity contribution in [3.63, 3.8) is 0 Å². The van der Waals surface area contributed by atoms with Crippen molar-refractivity contribution in [2.45, 2.75) is 51.2 Å². The van der Waals surface area contributed by atoms with Crippen molar-refractivity contribution >= 4 is 24.0 Å². The van der Waals surface area contributed by atoms with E-state index in [4.69, 9.17) is 9.47 Å². The number of anilines is 1. The third kappa shape index (κ3) is 4.32. The van der Waals surface area contributed by atoms with E-state index in [0.29, 0.717) is 30.6 Å². The van der Waals surface area contributed by atoms with Gasteiger partial charge < -0.3 is 24.9 Å². The standard InChI is InChI=1S/C20H25FN2O5/c1-19(2,3)28-18(26)23-20(4-5-27-11-20)17(25)22-14-8-13-6-12(10-24)7-15(13)16(21)9-14/h8-10,12H,4-7,11H2,1-3H3,(H,22,25)(H,23,26)/t12?,20-/m0/s1. The van der Waals surface area contributed by atoms with E-state index >= 15 is 0 Å². The second kappa shape index (κ2) is 7.50. The number of benzene rings is 1. The fourth-order valence-electron chi connectivity index (χ4n) is 3.54. The lowest BCUT2D eigenvalue weighted by atomic mass is 9.97. The third-order valence-corrected chi connectivity index (χ3v) is 4.88. The number of rotatable bonds is 4. The predicted octanol–water partition coefficient (Wildman–Crippen LogP) is 2.36. The average Bonchev–Trinajstić information content (AvgIpc) is 3.20. The molecule has 0 radical (unpaired) electrons. The highest BCUT2D eigenvalue weighted by molar-refractivity contribution is 6.00. The molecule has 7 nitrogen and oxygen atoms in total. The van der Waals surface area contributed by atoms with Crippen LogP contribution in [0.15, 0.2) is 12.1 Å². The molecule has 2 N–H and O–H groups in total. The van der Waals surface area contributed by atoms with E-state index < -0.39 is 29.0 Å². The fraction of sp³-hybridized carbons (Fsp3) is 0.550. The van der Waals surface area contributed by atoms with Gasteiger partial charge in [-0.3, -0.25) is 4.79 Å². The topological polar surface area (TPSA) is 93.7 Å². The largest absolute Gasteiger partial charge is 0.444 e. The molecular formula is C20H25FN2O5. The normalized spacial score (nSPS) is 23.8. The summed E-state index contributed by atoms with van der Waals surface area (Å²) in [6.45, 7) is 5.49. The number of nitrogens with one attached hydrogen (secondary N) is 2. The highest BCUT2D eigenvalue weighted by Crippen LogP contribution is 2.31. The lowest BCUT2D eigenvalue weighted by Crippen LogP contribution is -2.58. The number of alkyl carbamates (subject to hydrolysis) is 1. The summed E-state index contributed by atoms with van der Waals surface area (Å²) in [5.41, 5.74) is -0.488. The molecule has 152 valence electrons. The Labute approximate surface area is 163 Å². The van der Waals surface area contributed by atoms with E-state index in [-0.39, 0.29) is 24.6 Å². The second-order valence-electron chi connectivity index (χ2n) is 8.37. The summed E-state index contributed by atoms with van der Waals surface area (Å²) in [6.07, 6.45) is 1.20. The molecule has 3 rings (SSSR count). The first kappa shape index (κ1) is 20.3. The van der Waals surface area contributed by atoms with Crippen LogP contribution in [0, 0.1) is 11.7 Å². The van der Waals surface area contributed by atoms with Crippen LogP contribution in [0.4, 0.5) is 14.9 Å². The van der Waals surface area contributed by atoms with Gasteiger partial charge in [0.25, 0.3) is 5.91 Å². The van der Waals surface area contributed by atoms with Crippen molar-refractivity contribution in [2.75, 3.05) is 18.5 Å². The van der Waals surface area contributed by atoms with E-state index in [9.17, 15) is 18.8 Å². The van der Waals surface area contributed by atoms with Gasteiger partial charge in [-0.15, -0.1) is 0 Å². The number of hydrogen-bond acceptors (Lipinski definition) is 5. The van der Waals surface area contributed by atoms with Gasteiger partial charge in [0.1, 0.15) is 23.2 Å². The number of aldehydes is 1. The molecule has 0 bridgehead atoms. The summed E-state index contributed by atoms with van der Waals surface area (Å²) in [5, 5.41) is 5.29. The van der Waals surface area contributed by atoms with Crippen LogP contribution in [0.2, 0.25) is 0 Å². The molecule has 1 aromatic rings. The number of carbonyl (C=O) groups is 3. The number of halogens is 1. The van der Waals surface area contributed by atoms with Gasteiger partial charge in [0.05, 0.1) is 6.61 Å². The highest BCUT2D eigenvalue weighted by atomic mass is 19.1. The second-order valence-corrected chi connectivity index (χ2v) is 8.37. The van der Waals surface area contributed by atoms with Crippen LogP contribution in [0.25, 0.3) is 0 Å². The Morgan fingerprint density at radius 1 is 1.32 bits per heavy atom. The van der Waals surface area contributed by atoms with Crippen molar-refractivity contribution < 1.29 is 28.2 Å². The maximum Gasteiger partial charge on any atom is 0.408 e. The molecule has 1 unspecified atom stereocenters. The molecule has 1 heterocycles. The summed E-state index contributed by atoms with van der Waals surface area (Å²) >= 11 is 0. The molecule has 1 aliphatic heterocycles. The minimum atomic E-state index is -1.29. The maximum absolute atomic E-state index is 14.4. The lowest BCUT2D eigenvalue weighted by Gasteiger charge is -2.29. The van der Waals surface area contributed by atoms with Crippen LogP contribution in [0.1, 0.15) is 38.3 Å². The first-order chi connectivity index (χ1) is 13.1. The number of ether oxygens (including phenoxy) is 2. The van der Waals surface area contributed by atoms with Gasteiger partial charge in [0.15, 0.2) is 0 Å². The Balaban J connectivity index is 1.76. The Morgan fingerprint density at radius 3 is 2.68 bits per heavy atom. The Morgan fingerprint density at radius 2 is 2.07 bits per heavy atom. The average molecular weight is 392 g/mol. The van der Waals surface area contributed by atoms with Crippen LogP contribution in [0.5, 0.6) is 0 Å². The van der Waals surface area contributed by atoms with E-state index in [1.807, 2.05) is 0 Å². The number of amides is 2. The molecule has 1 aromatic carbocycles. The van der Waals surface area contributed by atoms with Crippen molar-refractivity contribution in [3.8, 4) is 0 Å². The van der Waals surface area contributed by atoms with E-state index in [1.165, 1.54) is 6.07 Å². The van der Waals surface area contributed by atoms with Crippen molar-refractivity contribution in [1.82, 2.24) is 5.32 Å². The van der Waals surface area contributed by atoms with Gasteiger partial charge in [-0.1, -0.05) is 0 Å². The number of carbonyl (C=O) groups excluding carboxylic acids is 3. The van der Waals surface area contributed by atoms with Crippen LogP contribution >= 0.6 is 0 Å². The molecule has 2 atom stereocenters. The van der Waals surface area contributed by atoms with Crippen molar-refractivity contribution in [1.29, 1.82) is 0 Å². The van der Waals surface area contributed by atoms with Crippen molar-refractivity contribution in [3.05, 3.63) is 29.1 Å². The molecule has 0 saturated carbocycles. The minimum absolute atomic E-state index is 0.00127. The zero-order valence-corrected chi connectivity index (χ0v) is 16.3. The molecule has 1 saturated heterocycles. The molecule has 2 amide bonds.